The fourth-order valence-corrected chi connectivity index (χ4v) is 4.48. The van der Waals surface area contributed by atoms with Crippen molar-refractivity contribution in [2.45, 2.75) is 52.0 Å². The highest BCUT2D eigenvalue weighted by atomic mass is 19.1. The first-order chi connectivity index (χ1) is 14.5. The van der Waals surface area contributed by atoms with E-state index in [1.165, 1.54) is 31.5 Å². The van der Waals surface area contributed by atoms with Gasteiger partial charge in [0.15, 0.2) is 0 Å². The van der Waals surface area contributed by atoms with Crippen molar-refractivity contribution in [1.82, 2.24) is 14.3 Å². The summed E-state index contributed by atoms with van der Waals surface area (Å²) in [7, 11) is 0. The Morgan fingerprint density at radius 2 is 2.00 bits per heavy atom. The Balaban J connectivity index is 1.61. The Labute approximate surface area is 176 Å². The molecule has 1 aliphatic carbocycles. The Morgan fingerprint density at radius 3 is 2.70 bits per heavy atom. The van der Waals surface area contributed by atoms with Gasteiger partial charge in [-0.1, -0.05) is 25.3 Å². The van der Waals surface area contributed by atoms with E-state index < -0.39 is 0 Å². The van der Waals surface area contributed by atoms with Gasteiger partial charge in [-0.05, 0) is 56.5 Å². The van der Waals surface area contributed by atoms with Crippen molar-refractivity contribution in [3.05, 3.63) is 70.9 Å². The number of hydrogen-bond donors (Lipinski definition) is 1. The summed E-state index contributed by atoms with van der Waals surface area (Å²) in [5, 5.41) is 8.66. The van der Waals surface area contributed by atoms with Crippen molar-refractivity contribution >= 4 is 17.3 Å². The number of amides is 1. The summed E-state index contributed by atoms with van der Waals surface area (Å²) in [5.41, 5.74) is 3.57. The number of nitrogens with zero attached hydrogens (tertiary/aromatic N) is 3. The number of aryl methyl sites for hydroxylation is 1. The van der Waals surface area contributed by atoms with Crippen LogP contribution in [0.15, 0.2) is 42.7 Å². The zero-order valence-electron chi connectivity index (χ0n) is 17.5. The molecule has 5 nitrogen and oxygen atoms in total. The van der Waals surface area contributed by atoms with Gasteiger partial charge >= 0.3 is 0 Å². The van der Waals surface area contributed by atoms with E-state index in [0.717, 1.165) is 18.4 Å². The molecule has 30 heavy (non-hydrogen) atoms. The van der Waals surface area contributed by atoms with Crippen molar-refractivity contribution in [1.29, 1.82) is 5.41 Å². The molecular formula is C24H27FN4O. The molecule has 3 aromatic rings. The number of carbonyl (C=O) groups is 1. The lowest BCUT2D eigenvalue weighted by molar-refractivity contribution is 0.0648. The van der Waals surface area contributed by atoms with Crippen molar-refractivity contribution in [2.24, 2.45) is 0 Å². The summed E-state index contributed by atoms with van der Waals surface area (Å²) in [6.45, 7) is 4.64. The van der Waals surface area contributed by atoms with Gasteiger partial charge in [-0.3, -0.25) is 14.6 Å². The molecule has 1 fully saturated rings. The van der Waals surface area contributed by atoms with Gasteiger partial charge in [-0.2, -0.15) is 0 Å². The summed E-state index contributed by atoms with van der Waals surface area (Å²) >= 11 is 0. The lowest BCUT2D eigenvalue weighted by Crippen LogP contribution is -2.41. The topological polar surface area (TPSA) is 61.5 Å². The van der Waals surface area contributed by atoms with E-state index in [-0.39, 0.29) is 17.4 Å². The molecule has 156 valence electrons. The number of fused-ring (bicyclic) bond motifs is 1. The van der Waals surface area contributed by atoms with Crippen LogP contribution in [0, 0.1) is 18.2 Å². The fourth-order valence-electron chi connectivity index (χ4n) is 4.48. The summed E-state index contributed by atoms with van der Waals surface area (Å²) in [6, 6.07) is 8.75. The molecule has 1 saturated carbocycles. The summed E-state index contributed by atoms with van der Waals surface area (Å²) < 4.78 is 15.3. The van der Waals surface area contributed by atoms with Crippen molar-refractivity contribution < 1.29 is 9.18 Å². The molecule has 2 heterocycles. The highest BCUT2D eigenvalue weighted by Gasteiger charge is 2.25. The monoisotopic (exact) mass is 406 g/mol. The van der Waals surface area contributed by atoms with Gasteiger partial charge in [0, 0.05) is 29.9 Å². The number of carbonyl (C=O) groups excluding carboxylic acids is 1. The smallest absolute Gasteiger partial charge is 0.254 e. The molecule has 1 aliphatic rings. The normalized spacial score (nSPS) is 14.8. The van der Waals surface area contributed by atoms with Gasteiger partial charge < -0.3 is 4.90 Å². The molecular weight excluding hydrogens is 379 g/mol. The van der Waals surface area contributed by atoms with Crippen LogP contribution in [0.3, 0.4) is 0 Å². The predicted molar refractivity (Wildman–Crippen MR) is 116 cm³/mol. The third-order valence-corrected chi connectivity index (χ3v) is 6.09. The van der Waals surface area contributed by atoms with Crippen molar-refractivity contribution in [3.8, 4) is 0 Å². The molecule has 0 spiro atoms. The number of rotatable bonds is 5. The van der Waals surface area contributed by atoms with E-state index in [4.69, 9.17) is 5.41 Å². The predicted octanol–water partition coefficient (Wildman–Crippen LogP) is 4.99. The van der Waals surface area contributed by atoms with E-state index in [1.54, 1.807) is 22.7 Å². The molecule has 2 aromatic heterocycles. The number of aromatic nitrogens is 2. The SMILES string of the molecule is CCN(C(=O)c1ccc(C(=N)c2cnc3ccc(F)cn23)c(C)c1)C1CCCCC1. The number of benzene rings is 1. The van der Waals surface area contributed by atoms with Crippen LogP contribution in [-0.4, -0.2) is 38.5 Å². The minimum Gasteiger partial charge on any atom is -0.336 e. The van der Waals surface area contributed by atoms with E-state index in [2.05, 4.69) is 4.98 Å². The Kier molecular flexibility index (Phi) is 5.66. The molecule has 1 N–H and O–H groups in total. The van der Waals surface area contributed by atoms with Gasteiger partial charge in [0.2, 0.25) is 0 Å². The van der Waals surface area contributed by atoms with E-state index in [1.807, 2.05) is 30.9 Å². The second kappa shape index (κ2) is 8.38. The van der Waals surface area contributed by atoms with Crippen molar-refractivity contribution in [3.63, 3.8) is 0 Å². The molecule has 1 aromatic carbocycles. The van der Waals surface area contributed by atoms with E-state index >= 15 is 0 Å². The Hall–Kier alpha value is -3.02. The molecule has 4 rings (SSSR count). The first-order valence-corrected chi connectivity index (χ1v) is 10.6. The molecule has 6 heteroatoms. The summed E-state index contributed by atoms with van der Waals surface area (Å²) in [4.78, 5) is 19.4. The molecule has 0 radical (unpaired) electrons. The van der Waals surface area contributed by atoms with Crippen LogP contribution >= 0.6 is 0 Å². The maximum absolute atomic E-state index is 13.7. The number of halogens is 1. The zero-order chi connectivity index (χ0) is 21.3. The van der Waals surface area contributed by atoms with Crippen LogP contribution < -0.4 is 0 Å². The molecule has 0 bridgehead atoms. The molecule has 1 amide bonds. The third-order valence-electron chi connectivity index (χ3n) is 6.09. The number of pyridine rings is 1. The first-order valence-electron chi connectivity index (χ1n) is 10.6. The average Bonchev–Trinajstić information content (AvgIpc) is 3.17. The summed E-state index contributed by atoms with van der Waals surface area (Å²) in [5.74, 6) is -0.322. The Bertz CT molecular complexity index is 1100. The highest BCUT2D eigenvalue weighted by Crippen LogP contribution is 2.25. The highest BCUT2D eigenvalue weighted by molar-refractivity contribution is 6.11. The largest absolute Gasteiger partial charge is 0.336 e. The minimum atomic E-state index is -0.380. The third kappa shape index (κ3) is 3.74. The molecule has 0 unspecified atom stereocenters. The van der Waals surface area contributed by atoms with Crippen LogP contribution in [-0.2, 0) is 0 Å². The number of nitrogens with one attached hydrogen (secondary N) is 1. The second-order valence-electron chi connectivity index (χ2n) is 8.01. The van der Waals surface area contributed by atoms with Gasteiger partial charge in [-0.25, -0.2) is 9.37 Å². The van der Waals surface area contributed by atoms with E-state index in [0.29, 0.717) is 35.1 Å². The van der Waals surface area contributed by atoms with Gasteiger partial charge in [-0.15, -0.1) is 0 Å². The van der Waals surface area contributed by atoms with Crippen LogP contribution in [0.2, 0.25) is 0 Å². The maximum Gasteiger partial charge on any atom is 0.254 e. The first kappa shape index (κ1) is 20.3. The van der Waals surface area contributed by atoms with Crippen LogP contribution in [0.1, 0.15) is 66.2 Å². The number of imidazole rings is 1. The minimum absolute atomic E-state index is 0.0578. The Morgan fingerprint density at radius 1 is 1.23 bits per heavy atom. The molecule has 0 aliphatic heterocycles. The van der Waals surface area contributed by atoms with Crippen LogP contribution in [0.4, 0.5) is 4.39 Å². The summed E-state index contributed by atoms with van der Waals surface area (Å²) in [6.07, 6.45) is 8.69. The molecule has 0 atom stereocenters. The lowest BCUT2D eigenvalue weighted by Gasteiger charge is -2.33. The molecule has 0 saturated heterocycles. The van der Waals surface area contributed by atoms with Crippen LogP contribution in [0.25, 0.3) is 5.65 Å². The standard InChI is InChI=1S/C24H27FN4O/c1-3-28(19-7-5-4-6-8-19)24(30)17-9-11-20(16(2)13-17)23(26)21-14-27-22-12-10-18(25)15-29(21)22/h9-15,19,26H,3-8H2,1-2H3. The zero-order valence-corrected chi connectivity index (χ0v) is 17.5. The van der Waals surface area contributed by atoms with E-state index in [9.17, 15) is 9.18 Å². The van der Waals surface area contributed by atoms with Gasteiger partial charge in [0.1, 0.15) is 11.5 Å². The van der Waals surface area contributed by atoms with Gasteiger partial charge in [0.25, 0.3) is 5.91 Å². The average molecular weight is 407 g/mol. The maximum atomic E-state index is 13.7. The quantitative estimate of drug-likeness (QED) is 0.607. The fraction of sp³-hybridized carbons (Fsp3) is 0.375. The lowest BCUT2D eigenvalue weighted by atomic mass is 9.93. The van der Waals surface area contributed by atoms with Crippen molar-refractivity contribution in [2.75, 3.05) is 6.54 Å². The number of hydrogen-bond acceptors (Lipinski definition) is 3. The van der Waals surface area contributed by atoms with Crippen LogP contribution in [0.5, 0.6) is 0 Å². The van der Waals surface area contributed by atoms with Gasteiger partial charge in [0.05, 0.1) is 17.6 Å². The second-order valence-corrected chi connectivity index (χ2v) is 8.01.